The Balaban J connectivity index is 2.79. The molecule has 0 aromatic carbocycles. The molecule has 2 fully saturated rings. The summed E-state index contributed by atoms with van der Waals surface area (Å²) in [4.78, 5) is 73.6. The van der Waals surface area contributed by atoms with Gasteiger partial charge in [-0.25, -0.2) is 4.79 Å². The molecule has 0 spiro atoms. The Morgan fingerprint density at radius 3 is 1.97 bits per heavy atom. The largest absolute Gasteiger partial charge is 0.467 e. The van der Waals surface area contributed by atoms with Crippen molar-refractivity contribution in [3.8, 4) is 0 Å². The van der Waals surface area contributed by atoms with Gasteiger partial charge in [-0.3, -0.25) is 24.0 Å². The zero-order valence-electron chi connectivity index (χ0n) is 23.0. The number of aliphatic hydroxyl groups is 1. The summed E-state index contributed by atoms with van der Waals surface area (Å²) in [6, 6.07) is -1.27. The van der Waals surface area contributed by atoms with E-state index in [0.717, 1.165) is 34.8 Å². The Labute approximate surface area is 225 Å². The maximum Gasteiger partial charge on any atom is 0.341 e. The highest BCUT2D eigenvalue weighted by molar-refractivity contribution is 5.82. The number of amides is 1. The molecule has 1 aliphatic carbocycles. The fraction of sp³-hybridized carbons (Fsp3) is 0.760. The van der Waals surface area contributed by atoms with Gasteiger partial charge in [0.15, 0.2) is 17.8 Å². The minimum atomic E-state index is -2.14. The molecule has 220 valence electrons. The highest BCUT2D eigenvalue weighted by atomic mass is 16.6. The zero-order valence-corrected chi connectivity index (χ0v) is 23.0. The van der Waals surface area contributed by atoms with E-state index in [1.807, 2.05) is 0 Å². The number of hydrogen-bond acceptors (Lipinski definition) is 13. The zero-order chi connectivity index (χ0) is 29.5. The maximum atomic E-state index is 13.4. The molecule has 6 atom stereocenters. The first-order chi connectivity index (χ1) is 18.2. The number of nitrogens with one attached hydrogen (secondary N) is 1. The first kappa shape index (κ1) is 32.0. The van der Waals surface area contributed by atoms with Crippen LogP contribution in [0.3, 0.4) is 0 Å². The summed E-state index contributed by atoms with van der Waals surface area (Å²) in [5.74, 6) is -4.79. The number of ether oxygens (including phenoxy) is 6. The molecule has 0 unspecified atom stereocenters. The van der Waals surface area contributed by atoms with Crippen LogP contribution in [0.25, 0.3) is 0 Å². The molecule has 14 nitrogen and oxygen atoms in total. The number of esters is 5. The van der Waals surface area contributed by atoms with Crippen molar-refractivity contribution in [3.05, 3.63) is 0 Å². The van der Waals surface area contributed by atoms with Crippen molar-refractivity contribution in [3.63, 3.8) is 0 Å². The quantitative estimate of drug-likeness (QED) is 0.266. The second kappa shape index (κ2) is 13.2. The number of carbonyl (C=O) groups is 6. The van der Waals surface area contributed by atoms with Crippen LogP contribution >= 0.6 is 0 Å². The topological polar surface area (TPSA) is 190 Å². The van der Waals surface area contributed by atoms with Crippen LogP contribution in [0.4, 0.5) is 0 Å². The van der Waals surface area contributed by atoms with E-state index in [0.29, 0.717) is 12.8 Å². The van der Waals surface area contributed by atoms with Gasteiger partial charge >= 0.3 is 29.8 Å². The third kappa shape index (κ3) is 7.66. The van der Waals surface area contributed by atoms with Crippen molar-refractivity contribution >= 4 is 35.8 Å². The Morgan fingerprint density at radius 1 is 0.923 bits per heavy atom. The summed E-state index contributed by atoms with van der Waals surface area (Å²) in [6.45, 7) is 4.94. The first-order valence-electron chi connectivity index (χ1n) is 12.6. The second-order valence-electron chi connectivity index (χ2n) is 9.74. The first-order valence-corrected chi connectivity index (χ1v) is 12.6. The van der Waals surface area contributed by atoms with Crippen molar-refractivity contribution in [1.29, 1.82) is 0 Å². The number of hydrogen-bond donors (Lipinski definition) is 2. The van der Waals surface area contributed by atoms with E-state index in [4.69, 9.17) is 28.4 Å². The maximum absolute atomic E-state index is 13.4. The van der Waals surface area contributed by atoms with Crippen LogP contribution in [0.15, 0.2) is 0 Å². The van der Waals surface area contributed by atoms with Crippen molar-refractivity contribution < 1.29 is 62.3 Å². The summed E-state index contributed by atoms with van der Waals surface area (Å²) in [7, 11) is 1.09. The number of methoxy groups -OCH3 is 1. The molecule has 0 aromatic heterocycles. The molecular weight excluding hydrogens is 522 g/mol. The normalized spacial score (nSPS) is 27.3. The summed E-state index contributed by atoms with van der Waals surface area (Å²) < 4.78 is 32.7. The number of rotatable bonds is 10. The van der Waals surface area contributed by atoms with Gasteiger partial charge in [0.2, 0.25) is 5.91 Å². The van der Waals surface area contributed by atoms with Gasteiger partial charge in [0.05, 0.1) is 13.2 Å². The highest BCUT2D eigenvalue weighted by Gasteiger charge is 2.66. The Morgan fingerprint density at radius 2 is 1.51 bits per heavy atom. The van der Waals surface area contributed by atoms with Crippen LogP contribution in [0, 0.1) is 0 Å². The van der Waals surface area contributed by atoms with E-state index in [1.54, 1.807) is 0 Å². The molecule has 1 aliphatic heterocycles. The van der Waals surface area contributed by atoms with Crippen LogP contribution in [0.2, 0.25) is 0 Å². The molecular formula is C25H37NO13. The van der Waals surface area contributed by atoms with Crippen LogP contribution in [0.5, 0.6) is 0 Å². The molecule has 1 saturated carbocycles. The fourth-order valence-corrected chi connectivity index (χ4v) is 5.29. The SMILES string of the molecule is COC(=O)[C@@]1(C2(O)CCCC2)C[C@H](OC(C)=O)[C@@H](NC(C)=O)[C@H]([C@H](OC(C)=O)[C@@H](COC(C)=O)OC(C)=O)O1. The van der Waals surface area contributed by atoms with E-state index in [-0.39, 0.29) is 12.8 Å². The van der Waals surface area contributed by atoms with Gasteiger partial charge in [-0.2, -0.15) is 0 Å². The van der Waals surface area contributed by atoms with E-state index >= 15 is 0 Å². The lowest BCUT2D eigenvalue weighted by Gasteiger charge is -2.53. The lowest BCUT2D eigenvalue weighted by Crippen LogP contribution is -2.73. The van der Waals surface area contributed by atoms with Crippen molar-refractivity contribution in [1.82, 2.24) is 5.32 Å². The van der Waals surface area contributed by atoms with Gasteiger partial charge in [-0.05, 0) is 12.8 Å². The van der Waals surface area contributed by atoms with E-state index in [9.17, 15) is 33.9 Å². The molecule has 1 saturated heterocycles. The number of carbonyl (C=O) groups excluding carboxylic acids is 6. The summed E-state index contributed by atoms with van der Waals surface area (Å²) in [5.41, 5.74) is -3.93. The van der Waals surface area contributed by atoms with Crippen LogP contribution < -0.4 is 5.32 Å². The standard InChI is InChI=1S/C25H37NO13/c1-13(27)26-20-18(36-15(3)29)11-25(23(32)34-6,24(33)9-7-8-10-24)39-22(20)21(38-17(5)31)19(37-16(4)30)12-35-14(2)28/h18-22,33H,7-12H2,1-6H3,(H,26,27)/t18-,19+,20+,21+,22+,25+/m0/s1. The average molecular weight is 560 g/mol. The predicted molar refractivity (Wildman–Crippen MR) is 129 cm³/mol. The minimum Gasteiger partial charge on any atom is -0.467 e. The lowest BCUT2D eigenvalue weighted by atomic mass is 9.72. The van der Waals surface area contributed by atoms with Gasteiger partial charge in [0, 0.05) is 41.0 Å². The molecule has 2 N–H and O–H groups in total. The van der Waals surface area contributed by atoms with Gasteiger partial charge in [-0.1, -0.05) is 12.8 Å². The van der Waals surface area contributed by atoms with Crippen molar-refractivity contribution in [2.45, 2.75) is 108 Å². The lowest BCUT2D eigenvalue weighted by molar-refractivity contribution is -0.279. The van der Waals surface area contributed by atoms with Gasteiger partial charge in [0.25, 0.3) is 0 Å². The van der Waals surface area contributed by atoms with E-state index in [2.05, 4.69) is 5.32 Å². The highest BCUT2D eigenvalue weighted by Crippen LogP contribution is 2.48. The smallest absolute Gasteiger partial charge is 0.341 e. The second-order valence-corrected chi connectivity index (χ2v) is 9.74. The third-order valence-electron chi connectivity index (χ3n) is 6.73. The Kier molecular flexibility index (Phi) is 10.8. The minimum absolute atomic E-state index is 0.130. The Bertz CT molecular complexity index is 960. The van der Waals surface area contributed by atoms with E-state index < -0.39 is 90.4 Å². The van der Waals surface area contributed by atoms with Crippen molar-refractivity contribution in [2.24, 2.45) is 0 Å². The molecule has 2 aliphatic rings. The molecule has 14 heteroatoms. The third-order valence-corrected chi connectivity index (χ3v) is 6.73. The molecule has 2 rings (SSSR count). The van der Waals surface area contributed by atoms with Gasteiger partial charge < -0.3 is 38.8 Å². The fourth-order valence-electron chi connectivity index (χ4n) is 5.29. The van der Waals surface area contributed by atoms with Gasteiger partial charge in [-0.15, -0.1) is 0 Å². The molecule has 39 heavy (non-hydrogen) atoms. The molecule has 1 heterocycles. The monoisotopic (exact) mass is 559 g/mol. The summed E-state index contributed by atoms with van der Waals surface area (Å²) >= 11 is 0. The molecule has 0 bridgehead atoms. The Hall–Kier alpha value is -3.26. The summed E-state index contributed by atoms with van der Waals surface area (Å²) in [6.07, 6.45) is -5.02. The van der Waals surface area contributed by atoms with E-state index in [1.165, 1.54) is 6.92 Å². The molecule has 0 radical (unpaired) electrons. The summed E-state index contributed by atoms with van der Waals surface area (Å²) in [5, 5.41) is 14.3. The van der Waals surface area contributed by atoms with Crippen LogP contribution in [0.1, 0.15) is 66.7 Å². The predicted octanol–water partition coefficient (Wildman–Crippen LogP) is -0.145. The van der Waals surface area contributed by atoms with Crippen LogP contribution in [-0.2, 0) is 57.2 Å². The molecule has 1 amide bonds. The van der Waals surface area contributed by atoms with Crippen molar-refractivity contribution in [2.75, 3.05) is 13.7 Å². The van der Waals surface area contributed by atoms with Gasteiger partial charge in [0.1, 0.15) is 24.4 Å². The van der Waals surface area contributed by atoms with Crippen LogP contribution in [-0.4, -0.2) is 96.2 Å². The average Bonchev–Trinajstić information content (AvgIpc) is 3.27. The molecule has 0 aromatic rings.